The Morgan fingerprint density at radius 2 is 2.03 bits per heavy atom. The van der Waals surface area contributed by atoms with Gasteiger partial charge in [0, 0.05) is 18.4 Å². The third kappa shape index (κ3) is 5.98. The Morgan fingerprint density at radius 3 is 2.64 bits per heavy atom. The first-order chi connectivity index (χ1) is 15.9. The first kappa shape index (κ1) is 24.4. The lowest BCUT2D eigenvalue weighted by Gasteiger charge is -2.43. The van der Waals surface area contributed by atoms with E-state index in [1.165, 1.54) is 6.07 Å². The Hall–Kier alpha value is -3.21. The zero-order valence-electron chi connectivity index (χ0n) is 18.6. The number of aliphatic hydroxyl groups excluding tert-OH is 1. The van der Waals surface area contributed by atoms with E-state index >= 15 is 0 Å². The molecule has 0 radical (unpaired) electrons. The molecule has 0 unspecified atom stereocenters. The molecule has 1 heterocycles. The van der Waals surface area contributed by atoms with Crippen LogP contribution < -0.4 is 16.4 Å². The van der Waals surface area contributed by atoms with E-state index in [1.807, 2.05) is 37.3 Å². The molecule has 1 aliphatic rings. The van der Waals surface area contributed by atoms with Gasteiger partial charge in [0.2, 0.25) is 5.90 Å². The number of aromatic nitrogens is 1. The van der Waals surface area contributed by atoms with Crippen molar-refractivity contribution in [1.29, 1.82) is 5.41 Å². The van der Waals surface area contributed by atoms with Gasteiger partial charge in [0.1, 0.15) is 12.4 Å². The second kappa shape index (κ2) is 11.1. The van der Waals surface area contributed by atoms with Gasteiger partial charge in [0.25, 0.3) is 0 Å². The maximum absolute atomic E-state index is 12.8. The molecule has 10 heteroatoms. The number of hydrogen-bond acceptors (Lipinski definition) is 8. The topological polar surface area (TPSA) is 163 Å². The molecular formula is C23H31N5O5. The number of carbonyl (C=O) groups is 1. The number of aliphatic hydroxyl groups is 2. The molecule has 1 aliphatic carbocycles. The number of carbonyl (C=O) groups excluding carboxylic acids is 1. The highest BCUT2D eigenvalue weighted by atomic mass is 16.5. The van der Waals surface area contributed by atoms with Crippen LogP contribution in [0.25, 0.3) is 0 Å². The number of amides is 2. The average Bonchev–Trinajstić information content (AvgIpc) is 2.78. The van der Waals surface area contributed by atoms with Crippen molar-refractivity contribution in [3.05, 3.63) is 53.2 Å². The van der Waals surface area contributed by atoms with Crippen LogP contribution in [0.4, 0.5) is 16.3 Å². The zero-order valence-corrected chi connectivity index (χ0v) is 18.6. The maximum atomic E-state index is 12.8. The van der Waals surface area contributed by atoms with Crippen molar-refractivity contribution in [3.8, 4) is 0 Å². The second-order valence-electron chi connectivity index (χ2n) is 7.85. The normalized spacial score (nSPS) is 15.2. The Bertz CT molecular complexity index is 965. The monoisotopic (exact) mass is 457 g/mol. The highest BCUT2D eigenvalue weighted by molar-refractivity contribution is 5.99. The summed E-state index contributed by atoms with van der Waals surface area (Å²) in [5, 5.41) is 34.2. The molecule has 0 spiro atoms. The van der Waals surface area contributed by atoms with Gasteiger partial charge in [-0.1, -0.05) is 30.3 Å². The average molecular weight is 458 g/mol. The molecule has 2 aromatic rings. The molecule has 1 atom stereocenters. The molecule has 1 fully saturated rings. The molecule has 1 aromatic carbocycles. The van der Waals surface area contributed by atoms with Crippen LogP contribution in [0, 0.1) is 5.41 Å². The molecule has 10 nitrogen and oxygen atoms in total. The number of nitrogens with one attached hydrogen (secondary N) is 3. The highest BCUT2D eigenvalue weighted by Gasteiger charge is 2.43. The molecule has 0 bridgehead atoms. The summed E-state index contributed by atoms with van der Waals surface area (Å²) >= 11 is 0. The number of pyridine rings is 1. The molecule has 3 rings (SSSR count). The lowest BCUT2D eigenvalue weighted by molar-refractivity contribution is -0.0627. The van der Waals surface area contributed by atoms with E-state index in [-0.39, 0.29) is 35.3 Å². The predicted molar refractivity (Wildman–Crippen MR) is 124 cm³/mol. The number of nitrogen functional groups attached to an aromatic ring is 1. The minimum Gasteiger partial charge on any atom is -0.475 e. The van der Waals surface area contributed by atoms with E-state index in [0.717, 1.165) is 12.0 Å². The van der Waals surface area contributed by atoms with Crippen LogP contribution in [0.5, 0.6) is 0 Å². The number of urea groups is 1. The van der Waals surface area contributed by atoms with Crippen LogP contribution in [-0.4, -0.2) is 52.5 Å². The van der Waals surface area contributed by atoms with Gasteiger partial charge in [0.05, 0.1) is 36.1 Å². The summed E-state index contributed by atoms with van der Waals surface area (Å²) in [5.74, 6) is -0.136. The smallest absolute Gasteiger partial charge is 0.320 e. The van der Waals surface area contributed by atoms with Gasteiger partial charge in [-0.05, 0) is 31.7 Å². The van der Waals surface area contributed by atoms with Crippen molar-refractivity contribution < 1.29 is 24.5 Å². The zero-order chi connectivity index (χ0) is 23.8. The molecule has 0 saturated heterocycles. The standard InChI is InChI=1S/C23H31N5O5/c1-2-32-11-12-33-21(25)19-16(24)13-18(26-17(19)14-29)27-22(30)28-20(23(31)9-6-10-23)15-7-4-3-5-8-15/h3-5,7-8,13,20,25,29,31H,2,6,9-12,14H2,1H3,(H4,24,26,27,28,30)/t20-/m0/s1. The SMILES string of the molecule is CCOCCOC(=N)c1c(N)cc(NC(=O)N[C@@H](c2ccccc2)C2(O)CCC2)nc1CO. The summed E-state index contributed by atoms with van der Waals surface area (Å²) in [6.07, 6.45) is 2.07. The van der Waals surface area contributed by atoms with Gasteiger partial charge >= 0.3 is 6.03 Å². The molecule has 0 aliphatic heterocycles. The molecule has 1 aromatic heterocycles. The number of benzene rings is 1. The minimum atomic E-state index is -1.01. The van der Waals surface area contributed by atoms with Crippen molar-refractivity contribution in [2.75, 3.05) is 30.9 Å². The third-order valence-corrected chi connectivity index (χ3v) is 5.59. The van der Waals surface area contributed by atoms with E-state index in [9.17, 15) is 15.0 Å². The van der Waals surface area contributed by atoms with Crippen molar-refractivity contribution in [3.63, 3.8) is 0 Å². The second-order valence-corrected chi connectivity index (χ2v) is 7.85. The van der Waals surface area contributed by atoms with Gasteiger partial charge < -0.3 is 30.7 Å². The molecule has 2 amide bonds. The molecule has 7 N–H and O–H groups in total. The first-order valence-corrected chi connectivity index (χ1v) is 10.9. The van der Waals surface area contributed by atoms with Gasteiger partial charge in [-0.2, -0.15) is 0 Å². The van der Waals surface area contributed by atoms with Crippen molar-refractivity contribution in [2.45, 2.75) is 44.4 Å². The van der Waals surface area contributed by atoms with Crippen LogP contribution in [0.15, 0.2) is 36.4 Å². The summed E-state index contributed by atoms with van der Waals surface area (Å²) in [6.45, 7) is 2.36. The molecular weight excluding hydrogens is 426 g/mol. The fourth-order valence-electron chi connectivity index (χ4n) is 3.76. The summed E-state index contributed by atoms with van der Waals surface area (Å²) in [4.78, 5) is 17.0. The van der Waals surface area contributed by atoms with Gasteiger partial charge in [-0.15, -0.1) is 0 Å². The van der Waals surface area contributed by atoms with E-state index in [1.54, 1.807) is 0 Å². The number of nitrogens with zero attached hydrogens (tertiary/aromatic N) is 1. The Labute approximate surface area is 192 Å². The van der Waals surface area contributed by atoms with Crippen LogP contribution in [0.3, 0.4) is 0 Å². The largest absolute Gasteiger partial charge is 0.475 e. The first-order valence-electron chi connectivity index (χ1n) is 10.9. The number of rotatable bonds is 10. The Kier molecular flexibility index (Phi) is 8.21. The highest BCUT2D eigenvalue weighted by Crippen LogP contribution is 2.42. The fraction of sp³-hybridized carbons (Fsp3) is 0.435. The van der Waals surface area contributed by atoms with Gasteiger partial charge in [-0.3, -0.25) is 10.7 Å². The summed E-state index contributed by atoms with van der Waals surface area (Å²) in [5.41, 5.74) is 6.25. The third-order valence-electron chi connectivity index (χ3n) is 5.59. The summed E-state index contributed by atoms with van der Waals surface area (Å²) in [7, 11) is 0. The minimum absolute atomic E-state index is 0.101. The number of ether oxygens (including phenoxy) is 2. The molecule has 178 valence electrons. The molecule has 1 saturated carbocycles. The van der Waals surface area contributed by atoms with Crippen LogP contribution in [-0.2, 0) is 16.1 Å². The van der Waals surface area contributed by atoms with Crippen LogP contribution >= 0.6 is 0 Å². The van der Waals surface area contributed by atoms with Gasteiger partial charge in [-0.25, -0.2) is 9.78 Å². The van der Waals surface area contributed by atoms with Crippen molar-refractivity contribution >= 4 is 23.4 Å². The number of hydrogen-bond donors (Lipinski definition) is 6. The maximum Gasteiger partial charge on any atom is 0.320 e. The lowest BCUT2D eigenvalue weighted by Crippen LogP contribution is -2.51. The Morgan fingerprint density at radius 1 is 1.30 bits per heavy atom. The van der Waals surface area contributed by atoms with E-state index in [0.29, 0.717) is 26.1 Å². The quantitative estimate of drug-likeness (QED) is 0.181. The van der Waals surface area contributed by atoms with E-state index < -0.39 is 24.3 Å². The lowest BCUT2D eigenvalue weighted by atomic mass is 9.72. The van der Waals surface area contributed by atoms with E-state index in [4.69, 9.17) is 20.6 Å². The van der Waals surface area contributed by atoms with Crippen molar-refractivity contribution in [1.82, 2.24) is 10.3 Å². The number of nitrogens with two attached hydrogens (primary N) is 1. The fourth-order valence-corrected chi connectivity index (χ4v) is 3.76. The van der Waals surface area contributed by atoms with E-state index in [2.05, 4.69) is 15.6 Å². The molecule has 33 heavy (non-hydrogen) atoms. The summed E-state index contributed by atoms with van der Waals surface area (Å²) in [6, 6.07) is 9.51. The van der Waals surface area contributed by atoms with Crippen LogP contribution in [0.1, 0.15) is 49.0 Å². The van der Waals surface area contributed by atoms with Gasteiger partial charge in [0.15, 0.2) is 0 Å². The summed E-state index contributed by atoms with van der Waals surface area (Å²) < 4.78 is 10.5. The number of anilines is 2. The predicted octanol–water partition coefficient (Wildman–Crippen LogP) is 2.31. The Balaban J connectivity index is 1.72. The van der Waals surface area contributed by atoms with Crippen molar-refractivity contribution in [2.24, 2.45) is 0 Å². The van der Waals surface area contributed by atoms with Crippen LogP contribution in [0.2, 0.25) is 0 Å².